The molecule has 2 heterocycles. The van der Waals surface area contributed by atoms with Gasteiger partial charge in [-0.25, -0.2) is 13.2 Å². The van der Waals surface area contributed by atoms with Gasteiger partial charge in [-0.05, 0) is 24.3 Å². The molecule has 0 fully saturated rings. The van der Waals surface area contributed by atoms with Crippen molar-refractivity contribution in [2.75, 3.05) is 18.5 Å². The van der Waals surface area contributed by atoms with Crippen LogP contribution in [-0.2, 0) is 17.3 Å². The van der Waals surface area contributed by atoms with Crippen LogP contribution in [0.4, 0.5) is 18.9 Å². The van der Waals surface area contributed by atoms with Gasteiger partial charge in [-0.15, -0.1) is 0 Å². The van der Waals surface area contributed by atoms with Crippen molar-refractivity contribution in [1.82, 2.24) is 9.78 Å². The van der Waals surface area contributed by atoms with Crippen molar-refractivity contribution in [3.8, 4) is 0 Å². The molecule has 2 aromatic rings. The van der Waals surface area contributed by atoms with Crippen LogP contribution in [0.5, 0.6) is 0 Å². The van der Waals surface area contributed by atoms with Gasteiger partial charge in [0, 0.05) is 24.5 Å². The van der Waals surface area contributed by atoms with Crippen LogP contribution in [0.25, 0.3) is 0 Å². The van der Waals surface area contributed by atoms with E-state index in [9.17, 15) is 18.3 Å². The summed E-state index contributed by atoms with van der Waals surface area (Å²) in [6.07, 6.45) is -2.60. The molecule has 1 aliphatic heterocycles. The molecule has 1 unspecified atom stereocenters. The molecule has 140 valence electrons. The number of amidine groups is 1. The molecule has 0 saturated heterocycles. The number of benzene rings is 1. The number of aliphatic imine (C=N–C) groups is 1. The normalized spacial score (nSPS) is 21.5. The lowest BCUT2D eigenvalue weighted by atomic mass is 9.90. The summed E-state index contributed by atoms with van der Waals surface area (Å²) in [6, 6.07) is 5.09. The van der Waals surface area contributed by atoms with Crippen LogP contribution in [-0.4, -0.2) is 40.4 Å². The Kier molecular flexibility index (Phi) is 4.88. The van der Waals surface area contributed by atoms with Crippen molar-refractivity contribution in [1.29, 1.82) is 0 Å². The maximum atomic E-state index is 14.3. The van der Waals surface area contributed by atoms with E-state index in [-0.39, 0.29) is 23.7 Å². The second-order valence-electron chi connectivity index (χ2n) is 5.98. The second kappa shape index (κ2) is 6.96. The molecule has 1 aromatic heterocycles. The summed E-state index contributed by atoms with van der Waals surface area (Å²) in [5.74, 6) is -1.01. The number of rotatable bonds is 5. The van der Waals surface area contributed by atoms with Crippen LogP contribution in [0, 0.1) is 5.82 Å². The number of hydrogen-bond acceptors (Lipinski definition) is 6. The van der Waals surface area contributed by atoms with E-state index in [2.05, 4.69) is 15.4 Å². The predicted molar refractivity (Wildman–Crippen MR) is 88.3 cm³/mol. The summed E-state index contributed by atoms with van der Waals surface area (Å²) in [5.41, 5.74) is 3.48. The molecular weight excluding hydrogens is 351 g/mol. The third-order valence-corrected chi connectivity index (χ3v) is 4.03. The summed E-state index contributed by atoms with van der Waals surface area (Å²) in [4.78, 5) is 3.80. The molecule has 7 nitrogen and oxygen atoms in total. The van der Waals surface area contributed by atoms with Gasteiger partial charge in [0.2, 0.25) is 0 Å². The van der Waals surface area contributed by atoms with Crippen molar-refractivity contribution < 1.29 is 23.0 Å². The molecule has 0 spiro atoms. The van der Waals surface area contributed by atoms with Gasteiger partial charge in [0.05, 0.1) is 6.61 Å². The van der Waals surface area contributed by atoms with Gasteiger partial charge in [-0.3, -0.25) is 9.67 Å². The summed E-state index contributed by atoms with van der Waals surface area (Å²) in [7, 11) is 1.68. The van der Waals surface area contributed by atoms with Gasteiger partial charge < -0.3 is 20.9 Å². The maximum absolute atomic E-state index is 14.3. The monoisotopic (exact) mass is 369 g/mol. The molecule has 1 aliphatic rings. The minimum absolute atomic E-state index is 0.0909. The summed E-state index contributed by atoms with van der Waals surface area (Å²) in [5, 5.41) is 16.9. The van der Waals surface area contributed by atoms with Crippen molar-refractivity contribution in [2.24, 2.45) is 17.8 Å². The number of alkyl halides is 2. The molecule has 26 heavy (non-hydrogen) atoms. The third-order valence-electron chi connectivity index (χ3n) is 4.03. The Labute approximate surface area is 147 Å². The first-order chi connectivity index (χ1) is 12.3. The number of hydrogen-bond donors (Lipinski definition) is 3. The van der Waals surface area contributed by atoms with E-state index < -0.39 is 30.6 Å². The highest BCUT2D eigenvalue weighted by atomic mass is 19.3. The molecule has 0 aliphatic carbocycles. The number of aryl methyl sites for hydroxylation is 1. The van der Waals surface area contributed by atoms with E-state index in [1.165, 1.54) is 16.8 Å². The summed E-state index contributed by atoms with van der Waals surface area (Å²) in [6.45, 7) is -0.596. The third kappa shape index (κ3) is 3.37. The van der Waals surface area contributed by atoms with Gasteiger partial charge in [0.25, 0.3) is 6.43 Å². The van der Waals surface area contributed by atoms with E-state index in [4.69, 9.17) is 10.5 Å². The highest BCUT2D eigenvalue weighted by Crippen LogP contribution is 2.38. The molecule has 1 aromatic carbocycles. The molecule has 2 atom stereocenters. The molecule has 10 heteroatoms. The maximum Gasteiger partial charge on any atom is 0.269 e. The van der Waals surface area contributed by atoms with Gasteiger partial charge in [-0.1, -0.05) is 0 Å². The number of aliphatic hydroxyl groups is 1. The van der Waals surface area contributed by atoms with E-state index in [0.717, 1.165) is 6.07 Å². The molecule has 3 rings (SSSR count). The van der Waals surface area contributed by atoms with Crippen molar-refractivity contribution in [3.05, 3.63) is 47.5 Å². The summed E-state index contributed by atoms with van der Waals surface area (Å²) >= 11 is 0. The zero-order chi connectivity index (χ0) is 18.9. The smallest absolute Gasteiger partial charge is 0.269 e. The van der Waals surface area contributed by atoms with Gasteiger partial charge in [0.15, 0.2) is 11.8 Å². The van der Waals surface area contributed by atoms with Crippen LogP contribution in [0.3, 0.4) is 0 Å². The van der Waals surface area contributed by atoms with Crippen LogP contribution < -0.4 is 11.1 Å². The largest absolute Gasteiger partial charge is 0.385 e. The number of nitrogens with two attached hydrogens (primary N) is 1. The van der Waals surface area contributed by atoms with Crippen molar-refractivity contribution in [3.63, 3.8) is 0 Å². The SMILES string of the molecule is Cn1ccc(C(O)Nc2ccc(F)c([C@]3(C(F)F)COCC(N)=N3)c2)n1. The van der Waals surface area contributed by atoms with Crippen molar-refractivity contribution in [2.45, 2.75) is 18.2 Å². The Bertz CT molecular complexity index is 826. The quantitative estimate of drug-likeness (QED) is 0.694. The Hall–Kier alpha value is -2.59. The first kappa shape index (κ1) is 18.2. The zero-order valence-corrected chi connectivity index (χ0v) is 13.9. The highest BCUT2D eigenvalue weighted by molar-refractivity contribution is 5.82. The van der Waals surface area contributed by atoms with Crippen LogP contribution in [0.2, 0.25) is 0 Å². The van der Waals surface area contributed by atoms with E-state index in [1.54, 1.807) is 19.3 Å². The lowest BCUT2D eigenvalue weighted by Crippen LogP contribution is -2.45. The Morgan fingerprint density at radius 2 is 2.15 bits per heavy atom. The Morgan fingerprint density at radius 1 is 1.38 bits per heavy atom. The standard InChI is InChI=1S/C16H18F3N5O2/c1-24-5-4-12(23-24)14(25)21-9-2-3-11(17)10(6-9)16(15(18)19)8-26-7-13(20)22-16/h2-6,14-15,21,25H,7-8H2,1H3,(H2,20,22)/t14?,16-/m0/s1. The number of nitrogens with one attached hydrogen (secondary N) is 1. The average Bonchev–Trinajstić information content (AvgIpc) is 3.03. The number of ether oxygens (including phenoxy) is 1. The van der Waals surface area contributed by atoms with Crippen LogP contribution >= 0.6 is 0 Å². The molecule has 0 radical (unpaired) electrons. The first-order valence-corrected chi connectivity index (χ1v) is 7.76. The van der Waals surface area contributed by atoms with Crippen LogP contribution in [0.1, 0.15) is 17.5 Å². The van der Waals surface area contributed by atoms with Gasteiger partial charge in [-0.2, -0.15) is 5.10 Å². The highest BCUT2D eigenvalue weighted by Gasteiger charge is 2.46. The number of aromatic nitrogens is 2. The van der Waals surface area contributed by atoms with Gasteiger partial charge in [0.1, 0.15) is 24.0 Å². The molecule has 0 saturated carbocycles. The minimum Gasteiger partial charge on any atom is -0.385 e. The van der Waals surface area contributed by atoms with Crippen molar-refractivity contribution >= 4 is 11.5 Å². The summed E-state index contributed by atoms with van der Waals surface area (Å²) < 4.78 is 48.5. The lowest BCUT2D eigenvalue weighted by Gasteiger charge is -2.33. The first-order valence-electron chi connectivity index (χ1n) is 7.76. The molecule has 0 amide bonds. The predicted octanol–water partition coefficient (Wildman–Crippen LogP) is 1.51. The fraction of sp³-hybridized carbons (Fsp3) is 0.375. The molecular formula is C16H18F3N5O2. The number of halogens is 3. The zero-order valence-electron chi connectivity index (χ0n) is 13.9. The fourth-order valence-electron chi connectivity index (χ4n) is 2.76. The van der Waals surface area contributed by atoms with E-state index in [0.29, 0.717) is 5.69 Å². The molecule has 0 bridgehead atoms. The second-order valence-corrected chi connectivity index (χ2v) is 5.98. The number of aliphatic hydroxyl groups excluding tert-OH is 1. The van der Waals surface area contributed by atoms with E-state index in [1.807, 2.05) is 0 Å². The number of anilines is 1. The fourth-order valence-corrected chi connectivity index (χ4v) is 2.76. The van der Waals surface area contributed by atoms with E-state index >= 15 is 0 Å². The average molecular weight is 369 g/mol. The van der Waals surface area contributed by atoms with Crippen LogP contribution in [0.15, 0.2) is 35.5 Å². The lowest BCUT2D eigenvalue weighted by molar-refractivity contribution is -0.0145. The topological polar surface area (TPSA) is 97.7 Å². The number of nitrogens with zero attached hydrogens (tertiary/aromatic N) is 3. The Morgan fingerprint density at radius 3 is 2.77 bits per heavy atom. The molecule has 4 N–H and O–H groups in total. The van der Waals surface area contributed by atoms with Gasteiger partial charge >= 0.3 is 0 Å². The Balaban J connectivity index is 1.95. The minimum atomic E-state index is -3.04.